The molecule has 1 aliphatic heterocycles. The molecule has 2 saturated carbocycles. The maximum Gasteiger partial charge on any atom is 0.269 e. The number of hydrogen-bond donors (Lipinski definition) is 1. The van der Waals surface area contributed by atoms with Crippen molar-refractivity contribution in [3.05, 3.63) is 62.7 Å². The summed E-state index contributed by atoms with van der Waals surface area (Å²) < 4.78 is 6.42. The van der Waals surface area contributed by atoms with Crippen LogP contribution in [0, 0.1) is 33.3 Å². The Balaban J connectivity index is 1.68. The van der Waals surface area contributed by atoms with Crippen molar-refractivity contribution in [2.24, 2.45) is 11.3 Å². The lowest BCUT2D eigenvalue weighted by Gasteiger charge is -2.53. The molecule has 166 valence electrons. The molecule has 0 saturated heterocycles. The highest BCUT2D eigenvalue weighted by Gasteiger charge is 2.63. The van der Waals surface area contributed by atoms with Gasteiger partial charge >= 0.3 is 0 Å². The SMILES string of the molecule is CC#C[C@]1(O)CC[C@H]2[C@@H]3OCC4=CC(=O)CCC4=C3C(c3ccc([N+](=O)[O-])cc3)C[C@@]21C. The van der Waals surface area contributed by atoms with Gasteiger partial charge in [-0.2, -0.15) is 0 Å². The van der Waals surface area contributed by atoms with Gasteiger partial charge in [-0.1, -0.05) is 25.0 Å². The fraction of sp³-hybridized carbons (Fsp3) is 0.500. The minimum atomic E-state index is -1.09. The molecule has 1 heterocycles. The van der Waals surface area contributed by atoms with Crippen LogP contribution in [0.5, 0.6) is 0 Å². The van der Waals surface area contributed by atoms with Crippen LogP contribution >= 0.6 is 0 Å². The number of nitro groups is 1. The van der Waals surface area contributed by atoms with Crippen molar-refractivity contribution in [2.45, 2.75) is 63.6 Å². The number of nitro benzene ring substituents is 1. The number of ketones is 1. The summed E-state index contributed by atoms with van der Waals surface area (Å²) in [6.07, 6.45) is 4.87. The van der Waals surface area contributed by atoms with Crippen molar-refractivity contribution in [1.82, 2.24) is 0 Å². The Morgan fingerprint density at radius 2 is 2.00 bits per heavy atom. The minimum Gasteiger partial charge on any atom is -0.377 e. The molecule has 5 rings (SSSR count). The first-order chi connectivity index (χ1) is 15.3. The molecule has 3 aliphatic carbocycles. The smallest absolute Gasteiger partial charge is 0.269 e. The number of benzene rings is 1. The lowest BCUT2D eigenvalue weighted by Crippen LogP contribution is -2.53. The molecule has 32 heavy (non-hydrogen) atoms. The summed E-state index contributed by atoms with van der Waals surface area (Å²) >= 11 is 0. The highest BCUT2D eigenvalue weighted by atomic mass is 16.6. The third-order valence-corrected chi connectivity index (χ3v) is 8.21. The van der Waals surface area contributed by atoms with E-state index in [1.807, 2.05) is 12.1 Å². The predicted octanol–water partition coefficient (Wildman–Crippen LogP) is 4.24. The summed E-state index contributed by atoms with van der Waals surface area (Å²) in [5.74, 6) is 6.24. The van der Waals surface area contributed by atoms with Crippen LogP contribution in [0.25, 0.3) is 0 Å². The first kappa shape index (κ1) is 21.1. The highest BCUT2D eigenvalue weighted by molar-refractivity contribution is 5.93. The monoisotopic (exact) mass is 433 g/mol. The van der Waals surface area contributed by atoms with Gasteiger partial charge in [0.15, 0.2) is 5.78 Å². The molecule has 6 nitrogen and oxygen atoms in total. The van der Waals surface area contributed by atoms with E-state index in [9.17, 15) is 20.0 Å². The van der Waals surface area contributed by atoms with Crippen LogP contribution < -0.4 is 0 Å². The molecule has 0 radical (unpaired) electrons. The standard InChI is InChI=1S/C26H27NO5/c1-3-11-26(29)12-10-22-24-23(20-9-8-19(28)13-17(20)15-32-24)21(14-25(22,26)2)16-4-6-18(7-5-16)27(30)31/h4-7,13,21-22,24,29H,8-10,12,14-15H2,1-2H3/t21?,22-,24-,25-,26-/m0/s1. The summed E-state index contributed by atoms with van der Waals surface area (Å²) in [4.78, 5) is 22.8. The molecule has 0 aromatic heterocycles. The van der Waals surface area contributed by atoms with E-state index < -0.39 is 15.9 Å². The van der Waals surface area contributed by atoms with Crippen LogP contribution in [0.2, 0.25) is 0 Å². The fourth-order valence-electron chi connectivity index (χ4n) is 6.56. The second-order valence-electron chi connectivity index (χ2n) is 9.70. The normalized spacial score (nSPS) is 35.8. The summed E-state index contributed by atoms with van der Waals surface area (Å²) in [7, 11) is 0. The minimum absolute atomic E-state index is 0.0563. The van der Waals surface area contributed by atoms with E-state index in [0.29, 0.717) is 32.3 Å². The number of ether oxygens (including phenoxy) is 1. The van der Waals surface area contributed by atoms with Crippen molar-refractivity contribution < 1.29 is 19.6 Å². The van der Waals surface area contributed by atoms with E-state index in [4.69, 9.17) is 4.74 Å². The summed E-state index contributed by atoms with van der Waals surface area (Å²) in [5.41, 5.74) is 2.84. The maximum absolute atomic E-state index is 12.1. The Bertz CT molecular complexity index is 1120. The first-order valence-corrected chi connectivity index (χ1v) is 11.3. The Labute approximate surface area is 187 Å². The fourth-order valence-corrected chi connectivity index (χ4v) is 6.56. The van der Waals surface area contributed by atoms with Gasteiger partial charge in [-0.3, -0.25) is 14.9 Å². The Morgan fingerprint density at radius 3 is 2.69 bits per heavy atom. The summed E-state index contributed by atoms with van der Waals surface area (Å²) in [5, 5.41) is 22.8. The number of allylic oxidation sites excluding steroid dienone is 1. The zero-order chi connectivity index (χ0) is 22.7. The molecule has 1 unspecified atom stereocenters. The number of nitrogens with zero attached hydrogens (tertiary/aromatic N) is 1. The van der Waals surface area contributed by atoms with Crippen LogP contribution in [-0.4, -0.2) is 34.1 Å². The number of hydrogen-bond acceptors (Lipinski definition) is 5. The molecule has 1 aromatic carbocycles. The van der Waals surface area contributed by atoms with E-state index in [1.165, 1.54) is 11.1 Å². The topological polar surface area (TPSA) is 89.7 Å². The van der Waals surface area contributed by atoms with Gasteiger partial charge in [-0.15, -0.1) is 5.92 Å². The largest absolute Gasteiger partial charge is 0.377 e. The second kappa shape index (κ2) is 7.40. The van der Waals surface area contributed by atoms with Crippen molar-refractivity contribution in [3.8, 4) is 11.8 Å². The first-order valence-electron chi connectivity index (χ1n) is 11.3. The average molecular weight is 434 g/mol. The molecule has 1 N–H and O–H groups in total. The predicted molar refractivity (Wildman–Crippen MR) is 119 cm³/mol. The van der Waals surface area contributed by atoms with Crippen molar-refractivity contribution in [1.29, 1.82) is 0 Å². The number of aliphatic hydroxyl groups is 1. The average Bonchev–Trinajstić information content (AvgIpc) is 3.03. The zero-order valence-electron chi connectivity index (χ0n) is 18.4. The number of fused-ring (bicyclic) bond motifs is 4. The van der Waals surface area contributed by atoms with Crippen LogP contribution in [-0.2, 0) is 9.53 Å². The van der Waals surface area contributed by atoms with Gasteiger partial charge in [0.25, 0.3) is 5.69 Å². The van der Waals surface area contributed by atoms with Gasteiger partial charge in [0.1, 0.15) is 5.60 Å². The molecular weight excluding hydrogens is 406 g/mol. The third kappa shape index (κ3) is 2.99. The van der Waals surface area contributed by atoms with Gasteiger partial charge in [-0.25, -0.2) is 0 Å². The van der Waals surface area contributed by atoms with Crippen LogP contribution in [0.15, 0.2) is 47.1 Å². The van der Waals surface area contributed by atoms with E-state index in [0.717, 1.165) is 17.6 Å². The Hall–Kier alpha value is -2.75. The molecule has 0 amide bonds. The lowest BCUT2D eigenvalue weighted by molar-refractivity contribution is -0.384. The number of carbonyl (C=O) groups excluding carboxylic acids is 1. The van der Waals surface area contributed by atoms with Crippen LogP contribution in [0.3, 0.4) is 0 Å². The second-order valence-corrected chi connectivity index (χ2v) is 9.70. The van der Waals surface area contributed by atoms with Gasteiger partial charge in [-0.05, 0) is 66.9 Å². The molecule has 1 aromatic rings. The van der Waals surface area contributed by atoms with Crippen LogP contribution in [0.1, 0.15) is 57.4 Å². The summed E-state index contributed by atoms with van der Waals surface area (Å²) in [6, 6.07) is 6.73. The van der Waals surface area contributed by atoms with Gasteiger partial charge in [0.05, 0.1) is 17.6 Å². The van der Waals surface area contributed by atoms with Crippen molar-refractivity contribution in [2.75, 3.05) is 6.61 Å². The van der Waals surface area contributed by atoms with E-state index in [1.54, 1.807) is 25.1 Å². The molecule has 2 fully saturated rings. The Morgan fingerprint density at radius 1 is 1.25 bits per heavy atom. The number of carbonyl (C=O) groups is 1. The summed E-state index contributed by atoms with van der Waals surface area (Å²) in [6.45, 7) is 4.28. The molecule has 0 bridgehead atoms. The van der Waals surface area contributed by atoms with E-state index in [2.05, 4.69) is 18.8 Å². The molecule has 4 aliphatic rings. The van der Waals surface area contributed by atoms with E-state index >= 15 is 0 Å². The zero-order valence-corrected chi connectivity index (χ0v) is 18.4. The third-order valence-electron chi connectivity index (χ3n) is 8.21. The van der Waals surface area contributed by atoms with Gasteiger partial charge in [0.2, 0.25) is 0 Å². The number of rotatable bonds is 2. The number of non-ortho nitro benzene ring substituents is 1. The molecular formula is C26H27NO5. The van der Waals surface area contributed by atoms with E-state index in [-0.39, 0.29) is 29.4 Å². The van der Waals surface area contributed by atoms with Crippen molar-refractivity contribution in [3.63, 3.8) is 0 Å². The van der Waals surface area contributed by atoms with Gasteiger partial charge < -0.3 is 9.84 Å². The quantitative estimate of drug-likeness (QED) is 0.428. The van der Waals surface area contributed by atoms with Gasteiger partial charge in [0, 0.05) is 29.9 Å². The Kier molecular flexibility index (Phi) is 4.88. The molecule has 6 heteroatoms. The lowest BCUT2D eigenvalue weighted by atomic mass is 9.55. The van der Waals surface area contributed by atoms with Crippen molar-refractivity contribution >= 4 is 11.5 Å². The van der Waals surface area contributed by atoms with Crippen LogP contribution in [0.4, 0.5) is 5.69 Å². The maximum atomic E-state index is 12.1. The molecule has 0 spiro atoms. The highest BCUT2D eigenvalue weighted by Crippen LogP contribution is 2.64. The molecule has 5 atom stereocenters.